The van der Waals surface area contributed by atoms with Gasteiger partial charge >= 0.3 is 0 Å². The molecule has 102 valence electrons. The number of anilines is 2. The summed E-state index contributed by atoms with van der Waals surface area (Å²) in [6, 6.07) is 2.55. The molecule has 1 aromatic rings. The van der Waals surface area contributed by atoms with Crippen molar-refractivity contribution in [1.82, 2.24) is 0 Å². The zero-order valence-corrected chi connectivity index (χ0v) is 11.2. The average Bonchev–Trinajstić information content (AvgIpc) is 2.30. The lowest BCUT2D eigenvalue weighted by molar-refractivity contribution is 0.0358. The van der Waals surface area contributed by atoms with E-state index in [1.807, 2.05) is 0 Å². The maximum atomic E-state index is 13.1. The standard InChI is InChI=1S/C12H18ClFN2O2/c1-12(17,3-4-18-2)7-16-11-5-8(13)9(14)6-10(11)15/h5-6,16-17H,3-4,7,15H2,1-2H3. The lowest BCUT2D eigenvalue weighted by Gasteiger charge is -2.24. The van der Waals surface area contributed by atoms with Crippen molar-refractivity contribution in [2.45, 2.75) is 18.9 Å². The van der Waals surface area contributed by atoms with Gasteiger partial charge in [-0.05, 0) is 13.0 Å². The maximum absolute atomic E-state index is 13.1. The molecule has 0 radical (unpaired) electrons. The van der Waals surface area contributed by atoms with E-state index < -0.39 is 11.4 Å². The van der Waals surface area contributed by atoms with Crippen molar-refractivity contribution in [3.63, 3.8) is 0 Å². The third kappa shape index (κ3) is 4.33. The molecule has 0 fully saturated rings. The Labute approximate surface area is 111 Å². The SMILES string of the molecule is COCCC(C)(O)CNc1cc(Cl)c(F)cc1N. The van der Waals surface area contributed by atoms with E-state index in [4.69, 9.17) is 22.1 Å². The number of hydrogen-bond donors (Lipinski definition) is 3. The summed E-state index contributed by atoms with van der Waals surface area (Å²) in [7, 11) is 1.57. The topological polar surface area (TPSA) is 67.5 Å². The van der Waals surface area contributed by atoms with Crippen LogP contribution in [0.3, 0.4) is 0 Å². The summed E-state index contributed by atoms with van der Waals surface area (Å²) >= 11 is 5.67. The van der Waals surface area contributed by atoms with Crippen LogP contribution in [0.2, 0.25) is 5.02 Å². The Morgan fingerprint density at radius 2 is 2.22 bits per heavy atom. The van der Waals surface area contributed by atoms with E-state index in [0.29, 0.717) is 18.7 Å². The molecule has 0 aliphatic heterocycles. The van der Waals surface area contributed by atoms with Gasteiger partial charge in [0.05, 0.1) is 22.0 Å². The molecule has 0 spiro atoms. The van der Waals surface area contributed by atoms with E-state index in [0.717, 1.165) is 6.07 Å². The van der Waals surface area contributed by atoms with Gasteiger partial charge in [0.15, 0.2) is 0 Å². The fourth-order valence-electron chi connectivity index (χ4n) is 1.41. The number of halogens is 2. The summed E-state index contributed by atoms with van der Waals surface area (Å²) in [5.74, 6) is -0.564. The van der Waals surface area contributed by atoms with Gasteiger partial charge in [-0.2, -0.15) is 0 Å². The molecule has 0 aliphatic carbocycles. The molecule has 0 aromatic heterocycles. The van der Waals surface area contributed by atoms with E-state index in [1.54, 1.807) is 14.0 Å². The zero-order chi connectivity index (χ0) is 13.8. The highest BCUT2D eigenvalue weighted by molar-refractivity contribution is 6.31. The Balaban J connectivity index is 2.66. The number of benzene rings is 1. The summed E-state index contributed by atoms with van der Waals surface area (Å²) in [6.45, 7) is 2.40. The molecule has 0 heterocycles. The number of ether oxygens (including phenoxy) is 1. The molecule has 18 heavy (non-hydrogen) atoms. The Morgan fingerprint density at radius 3 is 2.83 bits per heavy atom. The average molecular weight is 277 g/mol. The first-order valence-corrected chi connectivity index (χ1v) is 5.93. The van der Waals surface area contributed by atoms with E-state index in [9.17, 15) is 9.50 Å². The lowest BCUT2D eigenvalue weighted by Crippen LogP contribution is -2.34. The molecule has 4 nitrogen and oxygen atoms in total. The monoisotopic (exact) mass is 276 g/mol. The highest BCUT2D eigenvalue weighted by atomic mass is 35.5. The van der Waals surface area contributed by atoms with Crippen molar-refractivity contribution in [2.24, 2.45) is 0 Å². The second-order valence-corrected chi connectivity index (χ2v) is 4.85. The van der Waals surface area contributed by atoms with Crippen molar-refractivity contribution >= 4 is 23.0 Å². The minimum absolute atomic E-state index is 0.0109. The first-order chi connectivity index (χ1) is 8.35. The first kappa shape index (κ1) is 15.0. The Hall–Kier alpha value is -1.04. The number of methoxy groups -OCH3 is 1. The molecule has 4 N–H and O–H groups in total. The van der Waals surface area contributed by atoms with Gasteiger partial charge in [0.2, 0.25) is 0 Å². The van der Waals surface area contributed by atoms with Gasteiger partial charge in [-0.25, -0.2) is 4.39 Å². The van der Waals surface area contributed by atoms with Gasteiger partial charge < -0.3 is 20.9 Å². The van der Waals surface area contributed by atoms with Crippen LogP contribution in [0.5, 0.6) is 0 Å². The number of rotatable bonds is 6. The van der Waals surface area contributed by atoms with E-state index in [1.165, 1.54) is 6.07 Å². The Morgan fingerprint density at radius 1 is 1.56 bits per heavy atom. The van der Waals surface area contributed by atoms with Crippen LogP contribution in [0, 0.1) is 5.82 Å². The quantitative estimate of drug-likeness (QED) is 0.697. The summed E-state index contributed by atoms with van der Waals surface area (Å²) in [5, 5.41) is 13.0. The second kappa shape index (κ2) is 6.22. The van der Waals surface area contributed by atoms with Gasteiger partial charge in [0, 0.05) is 32.7 Å². The largest absolute Gasteiger partial charge is 0.397 e. The van der Waals surface area contributed by atoms with Gasteiger partial charge in [0.1, 0.15) is 5.82 Å². The van der Waals surface area contributed by atoms with Crippen LogP contribution in [-0.4, -0.2) is 31.0 Å². The third-order valence-electron chi connectivity index (χ3n) is 2.60. The Bertz CT molecular complexity index is 413. The second-order valence-electron chi connectivity index (χ2n) is 4.45. The van der Waals surface area contributed by atoms with Crippen molar-refractivity contribution in [3.8, 4) is 0 Å². The summed E-state index contributed by atoms with van der Waals surface area (Å²) in [6.07, 6.45) is 0.478. The van der Waals surface area contributed by atoms with Crippen LogP contribution in [0.15, 0.2) is 12.1 Å². The molecule has 6 heteroatoms. The lowest BCUT2D eigenvalue weighted by atomic mass is 10.0. The molecule has 0 aliphatic rings. The van der Waals surface area contributed by atoms with Crippen LogP contribution in [-0.2, 0) is 4.74 Å². The molecule has 1 rings (SSSR count). The summed E-state index contributed by atoms with van der Waals surface area (Å²) in [5.41, 5.74) is 5.46. The maximum Gasteiger partial charge on any atom is 0.143 e. The smallest absolute Gasteiger partial charge is 0.143 e. The highest BCUT2D eigenvalue weighted by Crippen LogP contribution is 2.26. The molecular weight excluding hydrogens is 259 g/mol. The van der Waals surface area contributed by atoms with Crippen LogP contribution in [0.4, 0.5) is 15.8 Å². The summed E-state index contributed by atoms with van der Waals surface area (Å²) < 4.78 is 18.0. The summed E-state index contributed by atoms with van der Waals surface area (Å²) in [4.78, 5) is 0. The molecule has 0 saturated heterocycles. The normalized spacial score (nSPS) is 14.3. The number of nitrogen functional groups attached to an aromatic ring is 1. The molecular formula is C12H18ClFN2O2. The van der Waals surface area contributed by atoms with E-state index in [2.05, 4.69) is 5.32 Å². The van der Waals surface area contributed by atoms with Crippen LogP contribution < -0.4 is 11.1 Å². The number of hydrogen-bond acceptors (Lipinski definition) is 4. The predicted octanol–water partition coefficient (Wildman–Crippen LogP) is 2.26. The zero-order valence-electron chi connectivity index (χ0n) is 10.5. The number of nitrogens with one attached hydrogen (secondary N) is 1. The van der Waals surface area contributed by atoms with E-state index >= 15 is 0 Å². The molecule has 0 bridgehead atoms. The van der Waals surface area contributed by atoms with Crippen LogP contribution >= 0.6 is 11.6 Å². The molecule has 1 aromatic carbocycles. The van der Waals surface area contributed by atoms with Crippen LogP contribution in [0.25, 0.3) is 0 Å². The minimum atomic E-state index is -0.941. The van der Waals surface area contributed by atoms with Crippen LogP contribution in [0.1, 0.15) is 13.3 Å². The minimum Gasteiger partial charge on any atom is -0.397 e. The van der Waals surface area contributed by atoms with Crippen molar-refractivity contribution in [2.75, 3.05) is 31.3 Å². The third-order valence-corrected chi connectivity index (χ3v) is 2.89. The molecule has 0 saturated carbocycles. The van der Waals surface area contributed by atoms with Crippen molar-refractivity contribution < 1.29 is 14.2 Å². The fraction of sp³-hybridized carbons (Fsp3) is 0.500. The van der Waals surface area contributed by atoms with Crippen molar-refractivity contribution in [1.29, 1.82) is 0 Å². The molecule has 1 atom stereocenters. The first-order valence-electron chi connectivity index (χ1n) is 5.55. The fourth-order valence-corrected chi connectivity index (χ4v) is 1.57. The van der Waals surface area contributed by atoms with Gasteiger partial charge in [-0.15, -0.1) is 0 Å². The molecule has 1 unspecified atom stereocenters. The van der Waals surface area contributed by atoms with E-state index in [-0.39, 0.29) is 17.3 Å². The van der Waals surface area contributed by atoms with Crippen molar-refractivity contribution in [3.05, 3.63) is 23.0 Å². The number of aliphatic hydroxyl groups is 1. The predicted molar refractivity (Wildman–Crippen MR) is 71.4 cm³/mol. The highest BCUT2D eigenvalue weighted by Gasteiger charge is 2.20. The molecule has 0 amide bonds. The van der Waals surface area contributed by atoms with Gasteiger partial charge in [0.25, 0.3) is 0 Å². The Kier molecular flexibility index (Phi) is 5.19. The van der Waals surface area contributed by atoms with Gasteiger partial charge in [-0.1, -0.05) is 11.6 Å². The van der Waals surface area contributed by atoms with Gasteiger partial charge in [-0.3, -0.25) is 0 Å². The number of nitrogens with two attached hydrogens (primary N) is 1.